The molecule has 21 heavy (non-hydrogen) atoms. The molecule has 0 saturated heterocycles. The number of nitro groups is 1. The predicted octanol–water partition coefficient (Wildman–Crippen LogP) is 2.67. The Morgan fingerprint density at radius 2 is 1.71 bits per heavy atom. The van der Waals surface area contributed by atoms with Crippen LogP contribution >= 0.6 is 0 Å². The van der Waals surface area contributed by atoms with E-state index in [2.05, 4.69) is 0 Å². The van der Waals surface area contributed by atoms with Crippen LogP contribution in [-0.2, 0) is 10.0 Å². The molecule has 0 atom stereocenters. The Bertz CT molecular complexity index is 794. The van der Waals surface area contributed by atoms with Crippen LogP contribution in [0.25, 0.3) is 0 Å². The molecule has 0 amide bonds. The zero-order valence-electron chi connectivity index (χ0n) is 10.3. The summed E-state index contributed by atoms with van der Waals surface area (Å²) in [5.74, 6) is -2.55. The molecule has 2 aromatic carbocycles. The summed E-state index contributed by atoms with van der Waals surface area (Å²) in [6, 6.07) is 7.70. The molecule has 0 aliphatic heterocycles. The van der Waals surface area contributed by atoms with Crippen molar-refractivity contribution in [2.45, 2.75) is 4.90 Å². The van der Waals surface area contributed by atoms with Crippen LogP contribution in [-0.4, -0.2) is 13.3 Å². The highest BCUT2D eigenvalue weighted by molar-refractivity contribution is 7.92. The molecular weight excluding hydrogens is 306 g/mol. The minimum absolute atomic E-state index is 0.206. The summed E-state index contributed by atoms with van der Waals surface area (Å²) in [6.45, 7) is 0. The van der Waals surface area contributed by atoms with Crippen molar-refractivity contribution in [1.29, 1.82) is 0 Å². The molecule has 110 valence electrons. The standard InChI is InChI=1S/C12H8F2N2O4S/c13-8-6-10(14)12(11(7-8)16(17)18)15-21(19,20)9-4-2-1-3-5-9/h1-7,15H. The molecule has 0 fully saturated rings. The first-order chi connectivity index (χ1) is 9.81. The highest BCUT2D eigenvalue weighted by Gasteiger charge is 2.25. The van der Waals surface area contributed by atoms with Gasteiger partial charge in [-0.3, -0.25) is 14.8 Å². The number of anilines is 1. The van der Waals surface area contributed by atoms with E-state index in [1.807, 2.05) is 0 Å². The lowest BCUT2D eigenvalue weighted by Crippen LogP contribution is -2.15. The fourth-order valence-electron chi connectivity index (χ4n) is 1.60. The van der Waals surface area contributed by atoms with Gasteiger partial charge in [0.05, 0.1) is 15.9 Å². The number of nitrogens with zero attached hydrogens (tertiary/aromatic N) is 1. The Morgan fingerprint density at radius 3 is 2.29 bits per heavy atom. The third-order valence-electron chi connectivity index (χ3n) is 2.52. The smallest absolute Gasteiger partial charge is 0.271 e. The second kappa shape index (κ2) is 5.44. The van der Waals surface area contributed by atoms with E-state index in [9.17, 15) is 27.3 Å². The van der Waals surface area contributed by atoms with Gasteiger partial charge in [0.2, 0.25) is 0 Å². The van der Waals surface area contributed by atoms with E-state index in [0.29, 0.717) is 12.1 Å². The Kier molecular flexibility index (Phi) is 3.85. The Morgan fingerprint density at radius 1 is 1.10 bits per heavy atom. The molecule has 0 unspecified atom stereocenters. The van der Waals surface area contributed by atoms with Gasteiger partial charge in [-0.15, -0.1) is 0 Å². The highest BCUT2D eigenvalue weighted by atomic mass is 32.2. The van der Waals surface area contributed by atoms with Crippen molar-refractivity contribution < 1.29 is 22.1 Å². The van der Waals surface area contributed by atoms with Crippen molar-refractivity contribution in [2.24, 2.45) is 0 Å². The quantitative estimate of drug-likeness (QED) is 0.694. The maximum absolute atomic E-state index is 13.6. The number of sulfonamides is 1. The van der Waals surface area contributed by atoms with Gasteiger partial charge in [-0.25, -0.2) is 17.2 Å². The Hall–Kier alpha value is -2.55. The molecule has 2 aromatic rings. The molecule has 6 nitrogen and oxygen atoms in total. The summed E-state index contributed by atoms with van der Waals surface area (Å²) >= 11 is 0. The summed E-state index contributed by atoms with van der Waals surface area (Å²) < 4.78 is 52.5. The number of nitrogens with one attached hydrogen (secondary N) is 1. The van der Waals surface area contributed by atoms with Crippen LogP contribution in [0.15, 0.2) is 47.4 Å². The first-order valence-electron chi connectivity index (χ1n) is 5.52. The van der Waals surface area contributed by atoms with Gasteiger partial charge in [0.1, 0.15) is 5.82 Å². The van der Waals surface area contributed by atoms with Gasteiger partial charge in [-0.1, -0.05) is 18.2 Å². The van der Waals surface area contributed by atoms with E-state index in [0.717, 1.165) is 0 Å². The normalized spacial score (nSPS) is 11.1. The zero-order chi connectivity index (χ0) is 15.6. The number of halogens is 2. The maximum atomic E-state index is 13.6. The van der Waals surface area contributed by atoms with E-state index >= 15 is 0 Å². The number of rotatable bonds is 4. The van der Waals surface area contributed by atoms with Crippen molar-refractivity contribution in [1.82, 2.24) is 0 Å². The lowest BCUT2D eigenvalue weighted by molar-refractivity contribution is -0.384. The number of hydrogen-bond donors (Lipinski definition) is 1. The first-order valence-corrected chi connectivity index (χ1v) is 7.01. The van der Waals surface area contributed by atoms with E-state index < -0.39 is 38.0 Å². The van der Waals surface area contributed by atoms with Crippen molar-refractivity contribution in [3.8, 4) is 0 Å². The molecule has 0 aromatic heterocycles. The molecule has 2 rings (SSSR count). The molecule has 0 aliphatic carbocycles. The monoisotopic (exact) mass is 314 g/mol. The SMILES string of the molecule is O=[N+]([O-])c1cc(F)cc(F)c1NS(=O)(=O)c1ccccc1. The molecule has 0 bridgehead atoms. The lowest BCUT2D eigenvalue weighted by Gasteiger charge is -2.09. The van der Waals surface area contributed by atoms with Crippen LogP contribution in [0.4, 0.5) is 20.2 Å². The van der Waals surface area contributed by atoms with Crippen LogP contribution in [0.2, 0.25) is 0 Å². The third-order valence-corrected chi connectivity index (χ3v) is 3.89. The van der Waals surface area contributed by atoms with E-state index in [1.54, 1.807) is 10.8 Å². The zero-order valence-corrected chi connectivity index (χ0v) is 11.1. The van der Waals surface area contributed by atoms with Gasteiger partial charge in [0.15, 0.2) is 11.5 Å². The largest absolute Gasteiger partial charge is 0.299 e. The van der Waals surface area contributed by atoms with Gasteiger partial charge in [-0.05, 0) is 12.1 Å². The van der Waals surface area contributed by atoms with Crippen molar-refractivity contribution >= 4 is 21.4 Å². The summed E-state index contributed by atoms with van der Waals surface area (Å²) in [7, 11) is -4.22. The van der Waals surface area contributed by atoms with Crippen LogP contribution in [0.1, 0.15) is 0 Å². The van der Waals surface area contributed by atoms with Crippen LogP contribution in [0.3, 0.4) is 0 Å². The van der Waals surface area contributed by atoms with Gasteiger partial charge < -0.3 is 0 Å². The van der Waals surface area contributed by atoms with Crippen molar-refractivity contribution in [2.75, 3.05) is 4.72 Å². The fraction of sp³-hybridized carbons (Fsp3) is 0. The molecule has 0 radical (unpaired) electrons. The average molecular weight is 314 g/mol. The van der Waals surface area contributed by atoms with Gasteiger partial charge >= 0.3 is 0 Å². The number of benzene rings is 2. The first kappa shape index (κ1) is 14.9. The molecule has 9 heteroatoms. The predicted molar refractivity (Wildman–Crippen MR) is 70.3 cm³/mol. The van der Waals surface area contributed by atoms with Crippen molar-refractivity contribution in [3.05, 3.63) is 64.2 Å². The maximum Gasteiger partial charge on any atom is 0.299 e. The van der Waals surface area contributed by atoms with Crippen LogP contribution in [0.5, 0.6) is 0 Å². The highest BCUT2D eigenvalue weighted by Crippen LogP contribution is 2.30. The van der Waals surface area contributed by atoms with E-state index in [4.69, 9.17) is 0 Å². The van der Waals surface area contributed by atoms with E-state index in [-0.39, 0.29) is 4.90 Å². The molecule has 1 N–H and O–H groups in total. The van der Waals surface area contributed by atoms with Crippen LogP contribution in [0, 0.1) is 21.7 Å². The lowest BCUT2D eigenvalue weighted by atomic mass is 10.2. The topological polar surface area (TPSA) is 89.3 Å². The molecule has 0 saturated carbocycles. The minimum Gasteiger partial charge on any atom is -0.271 e. The molecular formula is C12H8F2N2O4S. The molecule has 0 aliphatic rings. The van der Waals surface area contributed by atoms with Crippen molar-refractivity contribution in [3.63, 3.8) is 0 Å². The summed E-state index contributed by atoms with van der Waals surface area (Å²) in [4.78, 5) is 9.51. The second-order valence-corrected chi connectivity index (χ2v) is 5.64. The average Bonchev–Trinajstić information content (AvgIpc) is 2.42. The summed E-state index contributed by atoms with van der Waals surface area (Å²) in [5, 5.41) is 10.8. The molecule has 0 heterocycles. The fourth-order valence-corrected chi connectivity index (χ4v) is 2.70. The molecule has 0 spiro atoms. The second-order valence-electron chi connectivity index (χ2n) is 3.96. The Balaban J connectivity index is 2.52. The number of hydrogen-bond acceptors (Lipinski definition) is 4. The summed E-state index contributed by atoms with van der Waals surface area (Å²) in [6.07, 6.45) is 0. The van der Waals surface area contributed by atoms with Gasteiger partial charge in [0.25, 0.3) is 15.7 Å². The number of nitro benzene ring substituents is 1. The third kappa shape index (κ3) is 3.14. The van der Waals surface area contributed by atoms with Gasteiger partial charge in [0, 0.05) is 6.07 Å². The minimum atomic E-state index is -4.22. The van der Waals surface area contributed by atoms with Gasteiger partial charge in [-0.2, -0.15) is 0 Å². The summed E-state index contributed by atoms with van der Waals surface area (Å²) in [5.41, 5.74) is -1.92. The Labute approximate surface area is 118 Å². The van der Waals surface area contributed by atoms with E-state index in [1.165, 1.54) is 24.3 Å². The van der Waals surface area contributed by atoms with Crippen LogP contribution < -0.4 is 4.72 Å².